The Labute approximate surface area is 130 Å². The molecule has 2 amide bonds. The molecule has 0 fully saturated rings. The van der Waals surface area contributed by atoms with Crippen LogP contribution >= 0.6 is 0 Å². The van der Waals surface area contributed by atoms with Gasteiger partial charge < -0.3 is 4.90 Å². The van der Waals surface area contributed by atoms with Crippen molar-refractivity contribution in [2.24, 2.45) is 0 Å². The van der Waals surface area contributed by atoms with Gasteiger partial charge in [-0.15, -0.1) is 0 Å². The van der Waals surface area contributed by atoms with Crippen LogP contribution in [0.4, 0.5) is 0 Å². The Bertz CT molecular complexity index is 685. The Hall–Kier alpha value is -1.89. The molecule has 0 N–H and O–H groups in total. The summed E-state index contributed by atoms with van der Waals surface area (Å²) in [5, 5.41) is 0. The smallest absolute Gasteiger partial charge is 0.269 e. The standard InChI is InChI=1S/C15H20N2O4S/c1-3-4-10-16(2)14(18)9-11-17-15(19)12-7-5-6-8-13(12)22(17,20)21/h5-8H,3-4,9-11H2,1-2H3. The largest absolute Gasteiger partial charge is 0.346 e. The number of carbonyl (C=O) groups excluding carboxylic acids is 2. The molecule has 120 valence electrons. The number of hydrogen-bond acceptors (Lipinski definition) is 4. The highest BCUT2D eigenvalue weighted by molar-refractivity contribution is 7.90. The van der Waals surface area contributed by atoms with E-state index in [1.165, 1.54) is 12.1 Å². The summed E-state index contributed by atoms with van der Waals surface area (Å²) in [5.41, 5.74) is 0.175. The zero-order valence-electron chi connectivity index (χ0n) is 12.8. The van der Waals surface area contributed by atoms with Gasteiger partial charge in [-0.25, -0.2) is 12.7 Å². The summed E-state index contributed by atoms with van der Waals surface area (Å²) in [6.07, 6.45) is 1.87. The summed E-state index contributed by atoms with van der Waals surface area (Å²) in [6.45, 7) is 2.55. The molecule has 1 heterocycles. The van der Waals surface area contributed by atoms with E-state index < -0.39 is 15.9 Å². The Kier molecular flexibility index (Phi) is 4.85. The number of benzene rings is 1. The average Bonchev–Trinajstić information content (AvgIpc) is 2.70. The van der Waals surface area contributed by atoms with Gasteiger partial charge in [-0.05, 0) is 18.6 Å². The van der Waals surface area contributed by atoms with E-state index in [1.54, 1.807) is 24.1 Å². The van der Waals surface area contributed by atoms with Crippen LogP contribution in [-0.2, 0) is 14.8 Å². The maximum Gasteiger partial charge on any atom is 0.269 e. The fourth-order valence-electron chi connectivity index (χ4n) is 2.36. The van der Waals surface area contributed by atoms with E-state index >= 15 is 0 Å². The molecule has 1 aromatic carbocycles. The van der Waals surface area contributed by atoms with Crippen molar-refractivity contribution in [1.82, 2.24) is 9.21 Å². The SMILES string of the molecule is CCCCN(C)C(=O)CCN1C(=O)c2ccccc2S1(=O)=O. The van der Waals surface area contributed by atoms with E-state index in [0.717, 1.165) is 17.1 Å². The van der Waals surface area contributed by atoms with Crippen LogP contribution in [0.5, 0.6) is 0 Å². The molecule has 0 aromatic heterocycles. The van der Waals surface area contributed by atoms with Crippen LogP contribution in [0.25, 0.3) is 0 Å². The molecule has 0 atom stereocenters. The minimum absolute atomic E-state index is 0.000821. The number of sulfonamides is 1. The molecule has 6 nitrogen and oxygen atoms in total. The van der Waals surface area contributed by atoms with Crippen LogP contribution < -0.4 is 0 Å². The first kappa shape index (κ1) is 16.5. The number of nitrogens with zero attached hydrogens (tertiary/aromatic N) is 2. The topological polar surface area (TPSA) is 74.8 Å². The van der Waals surface area contributed by atoms with Gasteiger partial charge in [0.2, 0.25) is 5.91 Å². The summed E-state index contributed by atoms with van der Waals surface area (Å²) in [7, 11) is -2.13. The Balaban J connectivity index is 2.06. The van der Waals surface area contributed by atoms with E-state index in [0.29, 0.717) is 6.54 Å². The number of carbonyl (C=O) groups is 2. The molecule has 7 heteroatoms. The lowest BCUT2D eigenvalue weighted by molar-refractivity contribution is -0.129. The Morgan fingerprint density at radius 1 is 1.27 bits per heavy atom. The maximum absolute atomic E-state index is 12.3. The molecule has 1 aliphatic heterocycles. The third-order valence-corrected chi connectivity index (χ3v) is 5.55. The molecular weight excluding hydrogens is 304 g/mol. The van der Waals surface area contributed by atoms with Gasteiger partial charge in [0.25, 0.3) is 15.9 Å². The second kappa shape index (κ2) is 6.48. The minimum atomic E-state index is -3.82. The first-order valence-electron chi connectivity index (χ1n) is 7.29. The average molecular weight is 324 g/mol. The van der Waals surface area contributed by atoms with Crippen molar-refractivity contribution in [2.45, 2.75) is 31.1 Å². The van der Waals surface area contributed by atoms with Gasteiger partial charge in [-0.2, -0.15) is 0 Å². The number of unbranched alkanes of at least 4 members (excludes halogenated alkanes) is 1. The summed E-state index contributed by atoms with van der Waals surface area (Å²) in [6, 6.07) is 6.11. The highest BCUT2D eigenvalue weighted by Crippen LogP contribution is 2.29. The summed E-state index contributed by atoms with van der Waals surface area (Å²) in [4.78, 5) is 25.8. The van der Waals surface area contributed by atoms with Gasteiger partial charge in [0.15, 0.2) is 0 Å². The van der Waals surface area contributed by atoms with E-state index in [-0.39, 0.29) is 29.3 Å². The first-order valence-corrected chi connectivity index (χ1v) is 8.73. The number of hydrogen-bond donors (Lipinski definition) is 0. The molecule has 0 unspecified atom stereocenters. The minimum Gasteiger partial charge on any atom is -0.346 e. The molecule has 0 aliphatic carbocycles. The summed E-state index contributed by atoms with van der Waals surface area (Å²) < 4.78 is 25.5. The molecular formula is C15H20N2O4S. The fraction of sp³-hybridized carbons (Fsp3) is 0.467. The second-order valence-electron chi connectivity index (χ2n) is 5.30. The quantitative estimate of drug-likeness (QED) is 0.794. The zero-order valence-corrected chi connectivity index (χ0v) is 13.6. The van der Waals surface area contributed by atoms with E-state index in [1.807, 2.05) is 6.92 Å². The second-order valence-corrected chi connectivity index (χ2v) is 7.13. The molecule has 1 aliphatic rings. The molecule has 0 saturated carbocycles. The molecule has 0 radical (unpaired) electrons. The summed E-state index contributed by atoms with van der Waals surface area (Å²) >= 11 is 0. The van der Waals surface area contributed by atoms with Crippen LogP contribution in [0.15, 0.2) is 29.2 Å². The molecule has 0 saturated heterocycles. The van der Waals surface area contributed by atoms with Gasteiger partial charge in [-0.1, -0.05) is 25.5 Å². The van der Waals surface area contributed by atoms with E-state index in [2.05, 4.69) is 0 Å². The predicted octanol–water partition coefficient (Wildman–Crippen LogP) is 1.48. The van der Waals surface area contributed by atoms with Gasteiger partial charge in [0.1, 0.15) is 4.90 Å². The first-order chi connectivity index (χ1) is 10.4. The van der Waals surface area contributed by atoms with Gasteiger partial charge in [0.05, 0.1) is 5.56 Å². The van der Waals surface area contributed by atoms with Gasteiger partial charge in [-0.3, -0.25) is 9.59 Å². The van der Waals surface area contributed by atoms with Gasteiger partial charge in [0, 0.05) is 26.6 Å². The lowest BCUT2D eigenvalue weighted by Gasteiger charge is -2.19. The maximum atomic E-state index is 12.3. The van der Waals surface area contributed by atoms with Crippen LogP contribution in [0, 0.1) is 0 Å². The fourth-order valence-corrected chi connectivity index (χ4v) is 3.93. The van der Waals surface area contributed by atoms with Crippen molar-refractivity contribution in [3.8, 4) is 0 Å². The molecule has 22 heavy (non-hydrogen) atoms. The monoisotopic (exact) mass is 324 g/mol. The van der Waals surface area contributed by atoms with Crippen LogP contribution in [0.1, 0.15) is 36.5 Å². The van der Waals surface area contributed by atoms with E-state index in [4.69, 9.17) is 0 Å². The lowest BCUT2D eigenvalue weighted by atomic mass is 10.2. The zero-order chi connectivity index (χ0) is 16.3. The number of amides is 2. The normalized spacial score (nSPS) is 15.7. The van der Waals surface area contributed by atoms with Crippen LogP contribution in [0.3, 0.4) is 0 Å². The Morgan fingerprint density at radius 2 is 1.95 bits per heavy atom. The lowest BCUT2D eigenvalue weighted by Crippen LogP contribution is -2.35. The van der Waals surface area contributed by atoms with Gasteiger partial charge >= 0.3 is 0 Å². The molecule has 1 aromatic rings. The molecule has 0 spiro atoms. The van der Waals surface area contributed by atoms with Crippen molar-refractivity contribution < 1.29 is 18.0 Å². The third kappa shape index (κ3) is 2.99. The van der Waals surface area contributed by atoms with Crippen molar-refractivity contribution in [3.05, 3.63) is 29.8 Å². The van der Waals surface area contributed by atoms with Crippen LogP contribution in [0.2, 0.25) is 0 Å². The molecule has 2 rings (SSSR count). The van der Waals surface area contributed by atoms with Crippen molar-refractivity contribution in [2.75, 3.05) is 20.1 Å². The molecule has 0 bridgehead atoms. The highest BCUT2D eigenvalue weighted by atomic mass is 32.2. The Morgan fingerprint density at radius 3 is 2.59 bits per heavy atom. The van der Waals surface area contributed by atoms with E-state index in [9.17, 15) is 18.0 Å². The van der Waals surface area contributed by atoms with Crippen molar-refractivity contribution in [1.29, 1.82) is 0 Å². The number of fused-ring (bicyclic) bond motifs is 1. The highest BCUT2D eigenvalue weighted by Gasteiger charge is 2.40. The summed E-state index contributed by atoms with van der Waals surface area (Å²) in [5.74, 6) is -0.716. The van der Waals surface area contributed by atoms with Crippen molar-refractivity contribution >= 4 is 21.8 Å². The number of rotatable bonds is 6. The third-order valence-electron chi connectivity index (χ3n) is 3.71. The predicted molar refractivity (Wildman–Crippen MR) is 81.8 cm³/mol. The van der Waals surface area contributed by atoms with Crippen molar-refractivity contribution in [3.63, 3.8) is 0 Å². The van der Waals surface area contributed by atoms with Crippen LogP contribution in [-0.4, -0.2) is 49.6 Å².